The van der Waals surface area contributed by atoms with Gasteiger partial charge in [-0.15, -0.1) is 0 Å². The summed E-state index contributed by atoms with van der Waals surface area (Å²) in [6.07, 6.45) is 0. The summed E-state index contributed by atoms with van der Waals surface area (Å²) in [5, 5.41) is 21.3. The molecule has 0 unspecified atom stereocenters. The number of esters is 1. The molecule has 0 saturated heterocycles. The lowest BCUT2D eigenvalue weighted by Crippen LogP contribution is -2.23. The van der Waals surface area contributed by atoms with E-state index < -0.39 is 29.3 Å². The molecule has 0 saturated carbocycles. The van der Waals surface area contributed by atoms with E-state index in [4.69, 9.17) is 0 Å². The minimum absolute atomic E-state index is 0.0878. The number of phenolic OH excluding ortho intramolecular Hbond substituents is 2. The number of carbonyl (C=O) groups excluding carboxylic acids is 2. The first-order valence-corrected chi connectivity index (χ1v) is 8.77. The zero-order chi connectivity index (χ0) is 21.8. The highest BCUT2D eigenvalue weighted by Crippen LogP contribution is 2.28. The third-order valence-electron chi connectivity index (χ3n) is 4.44. The van der Waals surface area contributed by atoms with Gasteiger partial charge in [0.1, 0.15) is 17.2 Å². The minimum atomic E-state index is -0.878. The summed E-state index contributed by atoms with van der Waals surface area (Å²) in [7, 11) is 1.12. The quantitative estimate of drug-likeness (QED) is 0.437. The average molecular weight is 413 g/mol. The molecule has 1 amide bonds. The van der Waals surface area contributed by atoms with Gasteiger partial charge in [0.25, 0.3) is 5.91 Å². The lowest BCUT2D eigenvalue weighted by molar-refractivity contribution is 0.0596. The summed E-state index contributed by atoms with van der Waals surface area (Å²) in [6.45, 7) is -0.153. The average Bonchev–Trinajstić information content (AvgIpc) is 2.73. The Hall–Kier alpha value is -3.94. The standard InChI is InChI=1S/C22H17F2NO5/c1-30-22(29)20-15(3-2-4-16(20)23)12-5-6-14(17(24)9-12)11-25-21(28)13-7-8-18(26)19(27)10-13/h2-10,26-27H,11H2,1H3,(H,25,28). The summed E-state index contributed by atoms with van der Waals surface area (Å²) < 4.78 is 33.3. The van der Waals surface area contributed by atoms with E-state index in [0.29, 0.717) is 0 Å². The third kappa shape index (κ3) is 4.22. The fourth-order valence-electron chi connectivity index (χ4n) is 2.87. The van der Waals surface area contributed by atoms with Gasteiger partial charge in [0, 0.05) is 17.7 Å². The van der Waals surface area contributed by atoms with Crippen LogP contribution < -0.4 is 5.32 Å². The second-order valence-electron chi connectivity index (χ2n) is 6.35. The number of benzene rings is 3. The Morgan fingerprint density at radius 3 is 2.40 bits per heavy atom. The zero-order valence-corrected chi connectivity index (χ0v) is 15.8. The molecule has 0 bridgehead atoms. The van der Waals surface area contributed by atoms with Gasteiger partial charge >= 0.3 is 5.97 Å². The molecule has 3 aromatic carbocycles. The van der Waals surface area contributed by atoms with Gasteiger partial charge in [0.2, 0.25) is 0 Å². The van der Waals surface area contributed by atoms with Crippen molar-refractivity contribution in [1.29, 1.82) is 0 Å². The number of ether oxygens (including phenoxy) is 1. The highest BCUT2D eigenvalue weighted by atomic mass is 19.1. The summed E-state index contributed by atoms with van der Waals surface area (Å²) in [4.78, 5) is 24.1. The van der Waals surface area contributed by atoms with Gasteiger partial charge in [-0.05, 0) is 41.5 Å². The van der Waals surface area contributed by atoms with Crippen LogP contribution in [0, 0.1) is 11.6 Å². The van der Waals surface area contributed by atoms with Crippen LogP contribution in [0.15, 0.2) is 54.6 Å². The number of rotatable bonds is 5. The summed E-state index contributed by atoms with van der Waals surface area (Å²) in [5.74, 6) is -3.72. The van der Waals surface area contributed by atoms with Crippen LogP contribution in [0.3, 0.4) is 0 Å². The maximum atomic E-state index is 14.6. The Morgan fingerprint density at radius 2 is 1.73 bits per heavy atom. The lowest BCUT2D eigenvalue weighted by Gasteiger charge is -2.11. The number of hydrogen-bond donors (Lipinski definition) is 3. The molecule has 0 spiro atoms. The Morgan fingerprint density at radius 1 is 0.967 bits per heavy atom. The SMILES string of the molecule is COC(=O)c1c(F)cccc1-c1ccc(CNC(=O)c2ccc(O)c(O)c2)c(F)c1. The molecule has 0 aliphatic heterocycles. The number of carbonyl (C=O) groups is 2. The molecule has 154 valence electrons. The summed E-state index contributed by atoms with van der Waals surface area (Å²) in [6, 6.07) is 11.6. The summed E-state index contributed by atoms with van der Waals surface area (Å²) in [5.41, 5.74) is 0.394. The van der Waals surface area contributed by atoms with Crippen molar-refractivity contribution in [2.24, 2.45) is 0 Å². The molecular weight excluding hydrogens is 396 g/mol. The number of halogens is 2. The molecule has 0 aliphatic rings. The maximum Gasteiger partial charge on any atom is 0.341 e. The highest BCUT2D eigenvalue weighted by Gasteiger charge is 2.19. The van der Waals surface area contributed by atoms with Crippen molar-refractivity contribution in [2.75, 3.05) is 7.11 Å². The van der Waals surface area contributed by atoms with E-state index in [0.717, 1.165) is 31.4 Å². The molecule has 0 fully saturated rings. The first-order chi connectivity index (χ1) is 14.3. The fraction of sp³-hybridized carbons (Fsp3) is 0.0909. The third-order valence-corrected chi connectivity index (χ3v) is 4.44. The molecule has 6 nitrogen and oxygen atoms in total. The molecule has 3 N–H and O–H groups in total. The second kappa shape index (κ2) is 8.60. The molecule has 0 radical (unpaired) electrons. The molecule has 8 heteroatoms. The molecule has 3 aromatic rings. The van der Waals surface area contributed by atoms with Crippen molar-refractivity contribution in [3.8, 4) is 22.6 Å². The smallest absolute Gasteiger partial charge is 0.341 e. The van der Waals surface area contributed by atoms with E-state index in [9.17, 15) is 28.6 Å². The predicted molar refractivity (Wildman–Crippen MR) is 104 cm³/mol. The maximum absolute atomic E-state index is 14.6. The molecule has 0 atom stereocenters. The summed E-state index contributed by atoms with van der Waals surface area (Å²) >= 11 is 0. The normalized spacial score (nSPS) is 10.5. The van der Waals surface area contributed by atoms with E-state index in [2.05, 4.69) is 10.1 Å². The van der Waals surface area contributed by atoms with Crippen molar-refractivity contribution in [2.45, 2.75) is 6.54 Å². The molecule has 0 aromatic heterocycles. The Bertz CT molecular complexity index is 1130. The Kier molecular flexibility index (Phi) is 5.96. The van der Waals surface area contributed by atoms with E-state index in [1.807, 2.05) is 0 Å². The number of methoxy groups -OCH3 is 1. The van der Waals surface area contributed by atoms with Crippen LogP contribution in [0.4, 0.5) is 8.78 Å². The van der Waals surface area contributed by atoms with E-state index in [1.165, 1.54) is 30.3 Å². The van der Waals surface area contributed by atoms with Gasteiger partial charge in [-0.3, -0.25) is 4.79 Å². The topological polar surface area (TPSA) is 95.9 Å². The van der Waals surface area contributed by atoms with Gasteiger partial charge in [-0.2, -0.15) is 0 Å². The van der Waals surface area contributed by atoms with Crippen LogP contribution in [-0.2, 0) is 11.3 Å². The zero-order valence-electron chi connectivity index (χ0n) is 15.8. The number of hydrogen-bond acceptors (Lipinski definition) is 5. The second-order valence-corrected chi connectivity index (χ2v) is 6.35. The Balaban J connectivity index is 1.81. The van der Waals surface area contributed by atoms with Crippen molar-refractivity contribution in [1.82, 2.24) is 5.32 Å². The van der Waals surface area contributed by atoms with E-state index in [-0.39, 0.29) is 40.1 Å². The lowest BCUT2D eigenvalue weighted by atomic mass is 9.98. The number of aromatic hydroxyl groups is 2. The first-order valence-electron chi connectivity index (χ1n) is 8.77. The van der Waals surface area contributed by atoms with Crippen molar-refractivity contribution in [3.63, 3.8) is 0 Å². The van der Waals surface area contributed by atoms with Crippen LogP contribution in [0.5, 0.6) is 11.5 Å². The van der Waals surface area contributed by atoms with Crippen LogP contribution in [-0.4, -0.2) is 29.2 Å². The first kappa shape index (κ1) is 20.8. The van der Waals surface area contributed by atoms with E-state index >= 15 is 0 Å². The van der Waals surface area contributed by atoms with Crippen LogP contribution in [0.25, 0.3) is 11.1 Å². The molecular formula is C22H17F2NO5. The van der Waals surface area contributed by atoms with Crippen molar-refractivity contribution >= 4 is 11.9 Å². The van der Waals surface area contributed by atoms with E-state index in [1.54, 1.807) is 0 Å². The number of amides is 1. The number of phenols is 2. The van der Waals surface area contributed by atoms with Gasteiger partial charge < -0.3 is 20.3 Å². The number of nitrogens with one attached hydrogen (secondary N) is 1. The van der Waals surface area contributed by atoms with Crippen LogP contribution >= 0.6 is 0 Å². The Labute approximate surface area is 170 Å². The largest absolute Gasteiger partial charge is 0.504 e. The monoisotopic (exact) mass is 413 g/mol. The predicted octanol–water partition coefficient (Wildman–Crippen LogP) is 3.76. The van der Waals surface area contributed by atoms with Gasteiger partial charge in [0.15, 0.2) is 11.5 Å². The van der Waals surface area contributed by atoms with Crippen LogP contribution in [0.2, 0.25) is 0 Å². The van der Waals surface area contributed by atoms with Gasteiger partial charge in [0.05, 0.1) is 7.11 Å². The van der Waals surface area contributed by atoms with Gasteiger partial charge in [-0.1, -0.05) is 24.3 Å². The highest BCUT2D eigenvalue weighted by molar-refractivity contribution is 5.97. The fourth-order valence-corrected chi connectivity index (χ4v) is 2.87. The minimum Gasteiger partial charge on any atom is -0.504 e. The van der Waals surface area contributed by atoms with Crippen LogP contribution in [0.1, 0.15) is 26.3 Å². The van der Waals surface area contributed by atoms with Crippen molar-refractivity contribution < 1.29 is 33.3 Å². The molecule has 0 aliphatic carbocycles. The van der Waals surface area contributed by atoms with Crippen molar-refractivity contribution in [3.05, 3.63) is 82.9 Å². The molecule has 0 heterocycles. The molecule has 3 rings (SSSR count). The molecule has 30 heavy (non-hydrogen) atoms. The van der Waals surface area contributed by atoms with Gasteiger partial charge in [-0.25, -0.2) is 13.6 Å².